The normalized spacial score (nSPS) is 10.0. The van der Waals surface area contributed by atoms with Crippen molar-refractivity contribution in [1.29, 1.82) is 0 Å². The minimum absolute atomic E-state index is 0.0688. The lowest BCUT2D eigenvalue weighted by Gasteiger charge is -2.20. The van der Waals surface area contributed by atoms with Crippen molar-refractivity contribution in [3.63, 3.8) is 0 Å². The van der Waals surface area contributed by atoms with Crippen molar-refractivity contribution in [2.75, 3.05) is 19.7 Å². The van der Waals surface area contributed by atoms with Crippen LogP contribution in [-0.4, -0.2) is 36.5 Å². The molecule has 0 heterocycles. The van der Waals surface area contributed by atoms with Crippen LogP contribution in [0.1, 0.15) is 12.5 Å². The summed E-state index contributed by atoms with van der Waals surface area (Å²) in [5.74, 6) is -2.52. The molecule has 0 saturated heterocycles. The number of hydrogen-bond donors (Lipinski definition) is 0. The van der Waals surface area contributed by atoms with Gasteiger partial charge in [0.15, 0.2) is 0 Å². The third-order valence-corrected chi connectivity index (χ3v) is 2.68. The third kappa shape index (κ3) is 5.33. The molecule has 4 nitrogen and oxygen atoms in total. The first kappa shape index (κ1) is 16.8. The fourth-order valence-electron chi connectivity index (χ4n) is 1.71. The molecule has 0 fully saturated rings. The summed E-state index contributed by atoms with van der Waals surface area (Å²) in [5.41, 5.74) is 0.0688. The van der Waals surface area contributed by atoms with Crippen LogP contribution in [0.15, 0.2) is 30.9 Å². The largest absolute Gasteiger partial charge is 0.465 e. The molecule has 1 rings (SSSR count). The second-order valence-corrected chi connectivity index (χ2v) is 4.28. The standard InChI is InChI=1S/C15H17F2NO3/c1-3-7-18(10-15(20)21-4-2)14(19)8-11-5-6-12(16)9-13(11)17/h3,5-6,9H,1,4,7-8,10H2,2H3. The molecule has 0 aliphatic rings. The Morgan fingerprint density at radius 2 is 2.10 bits per heavy atom. The van der Waals surface area contributed by atoms with Gasteiger partial charge in [-0.1, -0.05) is 12.1 Å². The van der Waals surface area contributed by atoms with Gasteiger partial charge in [0, 0.05) is 12.6 Å². The highest BCUT2D eigenvalue weighted by Gasteiger charge is 2.18. The van der Waals surface area contributed by atoms with Crippen molar-refractivity contribution in [3.8, 4) is 0 Å². The average molecular weight is 297 g/mol. The molecule has 0 N–H and O–H groups in total. The van der Waals surface area contributed by atoms with Crippen LogP contribution >= 0.6 is 0 Å². The van der Waals surface area contributed by atoms with Gasteiger partial charge in [-0.25, -0.2) is 8.78 Å². The van der Waals surface area contributed by atoms with Gasteiger partial charge in [-0.2, -0.15) is 0 Å². The summed E-state index contributed by atoms with van der Waals surface area (Å²) < 4.78 is 31.1. The summed E-state index contributed by atoms with van der Waals surface area (Å²) in [4.78, 5) is 24.7. The highest BCUT2D eigenvalue weighted by atomic mass is 19.1. The number of nitrogens with zero attached hydrogens (tertiary/aromatic N) is 1. The molecule has 0 unspecified atom stereocenters. The molecule has 1 amide bonds. The first-order valence-corrected chi connectivity index (χ1v) is 6.46. The minimum atomic E-state index is -0.793. The molecule has 0 radical (unpaired) electrons. The zero-order valence-corrected chi connectivity index (χ0v) is 11.8. The number of carbonyl (C=O) groups is 2. The Bertz CT molecular complexity index is 532. The molecular formula is C15H17F2NO3. The van der Waals surface area contributed by atoms with Crippen molar-refractivity contribution in [2.45, 2.75) is 13.3 Å². The van der Waals surface area contributed by atoms with Crippen molar-refractivity contribution < 1.29 is 23.1 Å². The van der Waals surface area contributed by atoms with Crippen molar-refractivity contribution in [1.82, 2.24) is 4.90 Å². The number of halogens is 2. The van der Waals surface area contributed by atoms with E-state index in [1.165, 1.54) is 17.0 Å². The average Bonchev–Trinajstić information content (AvgIpc) is 2.41. The zero-order chi connectivity index (χ0) is 15.8. The monoisotopic (exact) mass is 297 g/mol. The van der Waals surface area contributed by atoms with Gasteiger partial charge in [-0.05, 0) is 18.6 Å². The summed E-state index contributed by atoms with van der Waals surface area (Å²) in [6, 6.07) is 3.00. The van der Waals surface area contributed by atoms with Crippen LogP contribution in [0, 0.1) is 11.6 Å². The summed E-state index contributed by atoms with van der Waals surface area (Å²) in [5, 5.41) is 0. The van der Waals surface area contributed by atoms with Crippen molar-refractivity contribution >= 4 is 11.9 Å². The topological polar surface area (TPSA) is 46.6 Å². The van der Waals surface area contributed by atoms with E-state index in [1.807, 2.05) is 0 Å². The Labute approximate surface area is 122 Å². The molecule has 114 valence electrons. The predicted octanol–water partition coefficient (Wildman–Crippen LogP) is 2.08. The van der Waals surface area contributed by atoms with E-state index in [0.29, 0.717) is 6.07 Å². The molecule has 0 atom stereocenters. The van der Waals surface area contributed by atoms with Gasteiger partial charge < -0.3 is 9.64 Å². The van der Waals surface area contributed by atoms with Gasteiger partial charge in [0.25, 0.3) is 0 Å². The summed E-state index contributed by atoms with van der Waals surface area (Å²) >= 11 is 0. The molecule has 0 aromatic heterocycles. The highest BCUT2D eigenvalue weighted by Crippen LogP contribution is 2.11. The van der Waals surface area contributed by atoms with Crippen LogP contribution in [0.5, 0.6) is 0 Å². The maximum atomic E-state index is 13.5. The van der Waals surface area contributed by atoms with Gasteiger partial charge in [-0.15, -0.1) is 6.58 Å². The summed E-state index contributed by atoms with van der Waals surface area (Å²) in [6.45, 7) is 5.28. The molecule has 0 spiro atoms. The fourth-order valence-corrected chi connectivity index (χ4v) is 1.71. The van der Waals surface area contributed by atoms with Crippen LogP contribution in [0.25, 0.3) is 0 Å². The lowest BCUT2D eigenvalue weighted by atomic mass is 10.1. The Morgan fingerprint density at radius 1 is 1.38 bits per heavy atom. The second kappa shape index (κ2) is 8.14. The molecule has 0 aliphatic carbocycles. The number of amides is 1. The van der Waals surface area contributed by atoms with E-state index in [9.17, 15) is 18.4 Å². The lowest BCUT2D eigenvalue weighted by Crippen LogP contribution is -2.37. The van der Waals surface area contributed by atoms with Gasteiger partial charge >= 0.3 is 5.97 Å². The van der Waals surface area contributed by atoms with E-state index in [1.54, 1.807) is 6.92 Å². The predicted molar refractivity (Wildman–Crippen MR) is 73.5 cm³/mol. The number of hydrogen-bond acceptors (Lipinski definition) is 3. The molecule has 1 aromatic rings. The first-order valence-electron chi connectivity index (χ1n) is 6.46. The second-order valence-electron chi connectivity index (χ2n) is 4.28. The van der Waals surface area contributed by atoms with Crippen LogP contribution < -0.4 is 0 Å². The van der Waals surface area contributed by atoms with E-state index in [-0.39, 0.29) is 31.7 Å². The van der Waals surface area contributed by atoms with E-state index in [4.69, 9.17) is 4.74 Å². The number of ether oxygens (including phenoxy) is 1. The molecule has 6 heteroatoms. The number of rotatable bonds is 7. The third-order valence-electron chi connectivity index (χ3n) is 2.68. The zero-order valence-electron chi connectivity index (χ0n) is 11.8. The Hall–Kier alpha value is -2.24. The summed E-state index contributed by atoms with van der Waals surface area (Å²) in [6.07, 6.45) is 1.19. The Kier molecular flexibility index (Phi) is 6.52. The molecule has 0 bridgehead atoms. The van der Waals surface area contributed by atoms with E-state index in [2.05, 4.69) is 6.58 Å². The van der Waals surface area contributed by atoms with Crippen LogP contribution in [0.3, 0.4) is 0 Å². The molecular weight excluding hydrogens is 280 g/mol. The number of carbonyl (C=O) groups excluding carboxylic acids is 2. The van der Waals surface area contributed by atoms with Gasteiger partial charge in [0.2, 0.25) is 5.91 Å². The number of benzene rings is 1. The summed E-state index contributed by atoms with van der Waals surface area (Å²) in [7, 11) is 0. The molecule has 1 aromatic carbocycles. The molecule has 0 saturated carbocycles. The van der Waals surface area contributed by atoms with Gasteiger partial charge in [0.05, 0.1) is 13.0 Å². The van der Waals surface area contributed by atoms with E-state index < -0.39 is 23.5 Å². The SMILES string of the molecule is C=CCN(CC(=O)OCC)C(=O)Cc1ccc(F)cc1F. The first-order chi connectivity index (χ1) is 9.97. The number of esters is 1. The smallest absolute Gasteiger partial charge is 0.325 e. The van der Waals surface area contributed by atoms with Crippen LogP contribution in [0.2, 0.25) is 0 Å². The van der Waals surface area contributed by atoms with Crippen molar-refractivity contribution in [3.05, 3.63) is 48.1 Å². The quantitative estimate of drug-likeness (QED) is 0.572. The Balaban J connectivity index is 2.76. The maximum absolute atomic E-state index is 13.5. The Morgan fingerprint density at radius 3 is 2.67 bits per heavy atom. The lowest BCUT2D eigenvalue weighted by molar-refractivity contribution is -0.148. The molecule has 21 heavy (non-hydrogen) atoms. The fraction of sp³-hybridized carbons (Fsp3) is 0.333. The van der Waals surface area contributed by atoms with Crippen molar-refractivity contribution in [2.24, 2.45) is 0 Å². The van der Waals surface area contributed by atoms with E-state index in [0.717, 1.165) is 6.07 Å². The maximum Gasteiger partial charge on any atom is 0.325 e. The van der Waals surface area contributed by atoms with E-state index >= 15 is 0 Å². The van der Waals surface area contributed by atoms with Gasteiger partial charge in [-0.3, -0.25) is 9.59 Å². The van der Waals surface area contributed by atoms with Crippen LogP contribution in [0.4, 0.5) is 8.78 Å². The highest BCUT2D eigenvalue weighted by molar-refractivity contribution is 5.83. The van der Waals surface area contributed by atoms with Gasteiger partial charge in [0.1, 0.15) is 18.2 Å². The minimum Gasteiger partial charge on any atom is -0.465 e. The van der Waals surface area contributed by atoms with Crippen LogP contribution in [-0.2, 0) is 20.7 Å². The molecule has 0 aliphatic heterocycles.